The molecule has 0 fully saturated rings. The number of para-hydroxylation sites is 2. The summed E-state index contributed by atoms with van der Waals surface area (Å²) in [6.07, 6.45) is -3.98. The van der Waals surface area contributed by atoms with Crippen LogP contribution in [0.1, 0.15) is 28.2 Å². The maximum atomic E-state index is 12.9. The van der Waals surface area contributed by atoms with Crippen LogP contribution in [0.3, 0.4) is 0 Å². The Morgan fingerprint density at radius 2 is 1.74 bits per heavy atom. The first-order chi connectivity index (χ1) is 16.7. The molecule has 0 aliphatic heterocycles. The number of pyridine rings is 1. The van der Waals surface area contributed by atoms with E-state index >= 15 is 0 Å². The van der Waals surface area contributed by atoms with Crippen molar-refractivity contribution in [1.29, 1.82) is 0 Å². The van der Waals surface area contributed by atoms with Crippen molar-refractivity contribution in [2.45, 2.75) is 19.1 Å². The molecule has 2 heterocycles. The maximum absolute atomic E-state index is 12.9. The number of fused-ring (bicyclic) bond motifs is 1. The van der Waals surface area contributed by atoms with E-state index in [1.807, 2.05) is 36.4 Å². The Labute approximate surface area is 202 Å². The van der Waals surface area contributed by atoms with E-state index in [2.05, 4.69) is 20.6 Å². The fraction of sp³-hybridized carbons (Fsp3) is 0.167. The van der Waals surface area contributed by atoms with Gasteiger partial charge in [0, 0.05) is 24.2 Å². The van der Waals surface area contributed by atoms with E-state index in [4.69, 9.17) is 11.6 Å². The van der Waals surface area contributed by atoms with E-state index in [1.165, 1.54) is 0 Å². The van der Waals surface area contributed by atoms with Crippen molar-refractivity contribution in [3.63, 3.8) is 0 Å². The van der Waals surface area contributed by atoms with E-state index in [1.54, 1.807) is 16.7 Å². The van der Waals surface area contributed by atoms with Crippen LogP contribution in [0.25, 0.3) is 11.0 Å². The Morgan fingerprint density at radius 1 is 1.00 bits per heavy atom. The third-order valence-electron chi connectivity index (χ3n) is 5.14. The molecule has 0 atom stereocenters. The fourth-order valence-electron chi connectivity index (χ4n) is 3.42. The molecule has 2 amide bonds. The number of nitrogens with one attached hydrogen (secondary N) is 2. The molecule has 0 saturated heterocycles. The van der Waals surface area contributed by atoms with Gasteiger partial charge in [-0.15, -0.1) is 0 Å². The second kappa shape index (κ2) is 10.1. The van der Waals surface area contributed by atoms with Crippen LogP contribution >= 0.6 is 11.6 Å². The van der Waals surface area contributed by atoms with Crippen molar-refractivity contribution in [3.8, 4) is 0 Å². The van der Waals surface area contributed by atoms with Crippen molar-refractivity contribution in [3.05, 3.63) is 88.8 Å². The number of aromatic nitrogens is 3. The number of carbonyl (C=O) groups excluding carboxylic acids is 2. The first-order valence-electron chi connectivity index (χ1n) is 10.5. The average molecular weight is 502 g/mol. The van der Waals surface area contributed by atoms with E-state index in [0.717, 1.165) is 23.2 Å². The van der Waals surface area contributed by atoms with Gasteiger partial charge < -0.3 is 15.2 Å². The minimum Gasteiger partial charge on any atom is -0.349 e. The van der Waals surface area contributed by atoms with E-state index in [9.17, 15) is 22.8 Å². The highest BCUT2D eigenvalue weighted by Crippen LogP contribution is 2.28. The highest BCUT2D eigenvalue weighted by molar-refractivity contribution is 6.31. The Kier molecular flexibility index (Phi) is 7.02. The van der Waals surface area contributed by atoms with Gasteiger partial charge in [0.1, 0.15) is 5.82 Å². The predicted octanol–water partition coefficient (Wildman–Crippen LogP) is 4.91. The summed E-state index contributed by atoms with van der Waals surface area (Å²) in [6, 6.07) is 16.5. The van der Waals surface area contributed by atoms with Gasteiger partial charge >= 0.3 is 6.18 Å². The maximum Gasteiger partial charge on any atom is 0.417 e. The van der Waals surface area contributed by atoms with Crippen LogP contribution in [0.2, 0.25) is 5.02 Å². The number of imidazole rings is 1. The molecule has 4 rings (SSSR count). The quantitative estimate of drug-likeness (QED) is 0.376. The van der Waals surface area contributed by atoms with Crippen molar-refractivity contribution in [2.75, 3.05) is 11.9 Å². The first kappa shape index (κ1) is 24.2. The minimum atomic E-state index is -4.51. The lowest BCUT2D eigenvalue weighted by atomic mass is 10.2. The lowest BCUT2D eigenvalue weighted by molar-refractivity contribution is -0.137. The zero-order chi connectivity index (χ0) is 25.0. The highest BCUT2D eigenvalue weighted by Gasteiger charge is 2.30. The summed E-state index contributed by atoms with van der Waals surface area (Å²) in [5.41, 5.74) is 1.29. The first-order valence-corrected chi connectivity index (χ1v) is 10.9. The molecule has 0 saturated carbocycles. The summed E-state index contributed by atoms with van der Waals surface area (Å²) in [6.45, 7) is 0.309. The molecule has 0 aliphatic carbocycles. The molecule has 2 aromatic carbocycles. The van der Waals surface area contributed by atoms with Crippen LogP contribution in [0.4, 0.5) is 19.0 Å². The number of benzene rings is 2. The van der Waals surface area contributed by atoms with Crippen molar-refractivity contribution < 1.29 is 22.8 Å². The minimum absolute atomic E-state index is 0.0133. The van der Waals surface area contributed by atoms with E-state index < -0.39 is 23.6 Å². The number of rotatable bonds is 7. The van der Waals surface area contributed by atoms with Gasteiger partial charge in [-0.25, -0.2) is 9.97 Å². The third-order valence-corrected chi connectivity index (χ3v) is 5.51. The van der Waals surface area contributed by atoms with Gasteiger partial charge in [0.15, 0.2) is 5.82 Å². The lowest BCUT2D eigenvalue weighted by Gasteiger charge is -2.11. The summed E-state index contributed by atoms with van der Waals surface area (Å²) >= 11 is 6.30. The highest BCUT2D eigenvalue weighted by atomic mass is 35.5. The monoisotopic (exact) mass is 501 g/mol. The Hall–Kier alpha value is -3.92. The van der Waals surface area contributed by atoms with Crippen LogP contribution in [0, 0.1) is 0 Å². The van der Waals surface area contributed by atoms with Gasteiger partial charge in [0.05, 0.1) is 23.1 Å². The number of amides is 2. The molecular formula is C24H19ClF3N5O2. The zero-order valence-electron chi connectivity index (χ0n) is 18.1. The molecule has 0 unspecified atom stereocenters. The second-order valence-corrected chi connectivity index (χ2v) is 7.99. The molecule has 0 radical (unpaired) electrons. The van der Waals surface area contributed by atoms with Crippen LogP contribution in [0.15, 0.2) is 66.9 Å². The molecule has 35 heavy (non-hydrogen) atoms. The molecule has 180 valence electrons. The molecule has 11 heteroatoms. The van der Waals surface area contributed by atoms with Gasteiger partial charge in [0.2, 0.25) is 5.91 Å². The standard InChI is InChI=1S/C24H19ClF3N5O2/c25-17-6-2-1-5-15(17)14-33-19-8-4-3-7-18(19)31-22(33)23(35)29-12-11-21(34)32-20-10-9-16(13-30-20)24(26,27)28/h1-10,13H,11-12,14H2,(H,29,35)(H,30,32,34). The topological polar surface area (TPSA) is 88.9 Å². The van der Waals surface area contributed by atoms with Crippen molar-refractivity contribution >= 4 is 40.3 Å². The summed E-state index contributed by atoms with van der Waals surface area (Å²) in [7, 11) is 0. The van der Waals surface area contributed by atoms with Crippen LogP contribution in [0.5, 0.6) is 0 Å². The molecule has 0 bridgehead atoms. The number of alkyl halides is 3. The van der Waals surface area contributed by atoms with Crippen LogP contribution in [-0.2, 0) is 17.5 Å². The number of nitrogens with zero attached hydrogens (tertiary/aromatic N) is 3. The second-order valence-electron chi connectivity index (χ2n) is 7.59. The summed E-state index contributed by atoms with van der Waals surface area (Å²) in [4.78, 5) is 33.1. The Bertz CT molecular complexity index is 1370. The average Bonchev–Trinajstić information content (AvgIpc) is 3.19. The Balaban J connectivity index is 1.41. The van der Waals surface area contributed by atoms with Gasteiger partial charge in [-0.05, 0) is 35.9 Å². The van der Waals surface area contributed by atoms with E-state index in [-0.39, 0.29) is 24.6 Å². The van der Waals surface area contributed by atoms with Crippen molar-refractivity contribution in [1.82, 2.24) is 19.9 Å². The zero-order valence-corrected chi connectivity index (χ0v) is 18.9. The molecule has 2 N–H and O–H groups in total. The van der Waals surface area contributed by atoms with Crippen LogP contribution < -0.4 is 10.6 Å². The lowest BCUT2D eigenvalue weighted by Crippen LogP contribution is -2.30. The third kappa shape index (κ3) is 5.78. The summed E-state index contributed by atoms with van der Waals surface area (Å²) < 4.78 is 39.6. The number of hydrogen-bond acceptors (Lipinski definition) is 4. The number of hydrogen-bond donors (Lipinski definition) is 2. The summed E-state index contributed by atoms with van der Waals surface area (Å²) in [5, 5.41) is 5.62. The number of carbonyl (C=O) groups is 2. The molecule has 7 nitrogen and oxygen atoms in total. The Morgan fingerprint density at radius 3 is 2.46 bits per heavy atom. The van der Waals surface area contributed by atoms with Gasteiger partial charge in [0.25, 0.3) is 5.91 Å². The van der Waals surface area contributed by atoms with Crippen LogP contribution in [-0.4, -0.2) is 32.9 Å². The SMILES string of the molecule is O=C(CCNC(=O)c1nc2ccccc2n1Cc1ccccc1Cl)Nc1ccc(C(F)(F)F)cn1. The molecule has 0 spiro atoms. The van der Waals surface area contributed by atoms with E-state index in [0.29, 0.717) is 23.3 Å². The van der Waals surface area contributed by atoms with Gasteiger partial charge in [-0.2, -0.15) is 13.2 Å². The molecule has 2 aromatic heterocycles. The molecular weight excluding hydrogens is 483 g/mol. The normalized spacial score (nSPS) is 11.4. The molecule has 0 aliphatic rings. The van der Waals surface area contributed by atoms with Crippen molar-refractivity contribution in [2.24, 2.45) is 0 Å². The number of halogens is 4. The molecule has 4 aromatic rings. The fourth-order valence-corrected chi connectivity index (χ4v) is 3.61. The summed E-state index contributed by atoms with van der Waals surface area (Å²) in [5.74, 6) is -0.845. The van der Waals surface area contributed by atoms with Gasteiger partial charge in [-0.3, -0.25) is 9.59 Å². The predicted molar refractivity (Wildman–Crippen MR) is 125 cm³/mol. The number of anilines is 1. The van der Waals surface area contributed by atoms with Gasteiger partial charge in [-0.1, -0.05) is 41.9 Å². The smallest absolute Gasteiger partial charge is 0.349 e. The largest absolute Gasteiger partial charge is 0.417 e.